The molecule has 1 N–H and O–H groups in total. The molecule has 0 amide bonds. The number of pyridine rings is 1. The lowest BCUT2D eigenvalue weighted by Crippen LogP contribution is -2.45. The Kier molecular flexibility index (Phi) is 6.86. The highest BCUT2D eigenvalue weighted by atomic mass is 16.1. The third-order valence-corrected chi connectivity index (χ3v) is 7.28. The van der Waals surface area contributed by atoms with Gasteiger partial charge in [0, 0.05) is 55.9 Å². The van der Waals surface area contributed by atoms with Gasteiger partial charge in [0.1, 0.15) is 5.65 Å². The first-order valence-corrected chi connectivity index (χ1v) is 12.9. The molecule has 1 aromatic carbocycles. The first-order valence-electron chi connectivity index (χ1n) is 12.9. The van der Waals surface area contributed by atoms with Crippen molar-refractivity contribution in [1.82, 2.24) is 24.3 Å². The van der Waals surface area contributed by atoms with Gasteiger partial charge in [-0.3, -0.25) is 14.3 Å². The lowest BCUT2D eigenvalue weighted by molar-refractivity contribution is 0.119. The van der Waals surface area contributed by atoms with Crippen LogP contribution in [0.25, 0.3) is 11.0 Å². The van der Waals surface area contributed by atoms with Gasteiger partial charge in [0.15, 0.2) is 0 Å². The maximum Gasteiger partial charge on any atom is 0.252 e. The summed E-state index contributed by atoms with van der Waals surface area (Å²) in [7, 11) is 0. The summed E-state index contributed by atoms with van der Waals surface area (Å²) in [6, 6.07) is 13.2. The Hall–Kier alpha value is -3.19. The standard InChI is InChI=1S/C28H36N6O/c1-4-14-32-15-17-33(18-16-32)25(5-2)22-8-6-21(7-9-22)20(3)30-28-29-19-23-10-13-26(35)34(24-11-12-24)27(23)31-28/h4,6-10,13-14,19-20,24-25H,5,11-12,15-18H2,1-3H3,(H,29,30,31). The summed E-state index contributed by atoms with van der Waals surface area (Å²) < 4.78 is 1.82. The van der Waals surface area contributed by atoms with Crippen molar-refractivity contribution in [2.75, 3.05) is 31.5 Å². The van der Waals surface area contributed by atoms with Crippen LogP contribution >= 0.6 is 0 Å². The fourth-order valence-electron chi connectivity index (χ4n) is 5.19. The lowest BCUT2D eigenvalue weighted by atomic mass is 9.98. The monoisotopic (exact) mass is 472 g/mol. The number of rotatable bonds is 8. The normalized spacial score (nSPS) is 18.8. The molecular formula is C28H36N6O. The predicted molar refractivity (Wildman–Crippen MR) is 142 cm³/mol. The van der Waals surface area contributed by atoms with Crippen LogP contribution in [0.5, 0.6) is 0 Å². The van der Waals surface area contributed by atoms with E-state index < -0.39 is 0 Å². The Labute approximate surface area is 207 Å². The average molecular weight is 473 g/mol. The zero-order valence-electron chi connectivity index (χ0n) is 21.0. The van der Waals surface area contributed by atoms with E-state index in [4.69, 9.17) is 4.98 Å². The molecule has 2 atom stereocenters. The number of aromatic nitrogens is 3. The second kappa shape index (κ2) is 10.2. The molecule has 0 bridgehead atoms. The quantitative estimate of drug-likeness (QED) is 0.503. The molecule has 5 rings (SSSR count). The fraction of sp³-hybridized carbons (Fsp3) is 0.464. The Balaban J connectivity index is 1.28. The number of hydrogen-bond donors (Lipinski definition) is 1. The number of benzene rings is 1. The molecule has 2 aromatic heterocycles. The maximum atomic E-state index is 12.4. The van der Waals surface area contributed by atoms with E-state index in [1.54, 1.807) is 12.3 Å². The molecule has 7 heteroatoms. The third-order valence-electron chi connectivity index (χ3n) is 7.28. The van der Waals surface area contributed by atoms with E-state index in [0.29, 0.717) is 12.0 Å². The van der Waals surface area contributed by atoms with Crippen molar-refractivity contribution in [3.05, 3.63) is 76.4 Å². The van der Waals surface area contributed by atoms with Crippen molar-refractivity contribution >= 4 is 17.0 Å². The minimum absolute atomic E-state index is 0.0157. The SMILES string of the molecule is CC=CN1CCN(C(CC)c2ccc(C(C)Nc3ncc4ccc(=O)n(C5CC5)c4n3)cc2)CC1. The number of fused-ring (bicyclic) bond motifs is 1. The van der Waals surface area contributed by atoms with Gasteiger partial charge in [-0.2, -0.15) is 4.98 Å². The molecule has 0 spiro atoms. The summed E-state index contributed by atoms with van der Waals surface area (Å²) in [5, 5.41) is 4.34. The first-order chi connectivity index (χ1) is 17.1. The molecule has 1 saturated heterocycles. The van der Waals surface area contributed by atoms with E-state index in [9.17, 15) is 4.79 Å². The number of anilines is 1. The Morgan fingerprint density at radius 2 is 1.77 bits per heavy atom. The third kappa shape index (κ3) is 5.10. The second-order valence-electron chi connectivity index (χ2n) is 9.76. The second-order valence-corrected chi connectivity index (χ2v) is 9.76. The molecule has 3 heterocycles. The molecule has 3 aromatic rings. The van der Waals surface area contributed by atoms with Crippen LogP contribution in [0, 0.1) is 0 Å². The van der Waals surface area contributed by atoms with Crippen molar-refractivity contribution in [2.24, 2.45) is 0 Å². The Morgan fingerprint density at radius 1 is 1.06 bits per heavy atom. The minimum atomic E-state index is 0.0157. The average Bonchev–Trinajstić information content (AvgIpc) is 3.71. The molecule has 2 fully saturated rings. The van der Waals surface area contributed by atoms with Crippen molar-refractivity contribution in [3.63, 3.8) is 0 Å². The van der Waals surface area contributed by atoms with Crippen LogP contribution in [0.4, 0.5) is 5.95 Å². The highest BCUT2D eigenvalue weighted by Crippen LogP contribution is 2.35. The highest BCUT2D eigenvalue weighted by molar-refractivity contribution is 5.75. The van der Waals surface area contributed by atoms with Gasteiger partial charge in [-0.05, 0) is 56.5 Å². The highest BCUT2D eigenvalue weighted by Gasteiger charge is 2.27. The van der Waals surface area contributed by atoms with Gasteiger partial charge in [0.05, 0.1) is 6.04 Å². The van der Waals surface area contributed by atoms with E-state index in [1.165, 1.54) is 11.1 Å². The van der Waals surface area contributed by atoms with E-state index in [0.717, 1.165) is 56.5 Å². The number of allylic oxidation sites excluding steroid dienone is 1. The number of hydrogen-bond acceptors (Lipinski definition) is 6. The van der Waals surface area contributed by atoms with E-state index in [-0.39, 0.29) is 17.6 Å². The largest absolute Gasteiger partial charge is 0.375 e. The van der Waals surface area contributed by atoms with E-state index in [2.05, 4.69) is 77.4 Å². The molecular weight excluding hydrogens is 436 g/mol. The summed E-state index contributed by atoms with van der Waals surface area (Å²) >= 11 is 0. The van der Waals surface area contributed by atoms with Crippen molar-refractivity contribution in [2.45, 2.75) is 58.2 Å². The summed E-state index contributed by atoms with van der Waals surface area (Å²) in [5.74, 6) is 0.555. The van der Waals surface area contributed by atoms with Crippen molar-refractivity contribution < 1.29 is 0 Å². The van der Waals surface area contributed by atoms with E-state index in [1.807, 2.05) is 10.6 Å². The van der Waals surface area contributed by atoms with Crippen molar-refractivity contribution in [3.8, 4) is 0 Å². The van der Waals surface area contributed by atoms with Crippen LogP contribution in [0.2, 0.25) is 0 Å². The molecule has 1 saturated carbocycles. The molecule has 2 aliphatic rings. The van der Waals surface area contributed by atoms with Gasteiger partial charge in [-0.25, -0.2) is 4.98 Å². The maximum absolute atomic E-state index is 12.4. The van der Waals surface area contributed by atoms with Crippen LogP contribution in [0.1, 0.15) is 69.3 Å². The van der Waals surface area contributed by atoms with Gasteiger partial charge in [0.2, 0.25) is 5.95 Å². The zero-order valence-corrected chi connectivity index (χ0v) is 21.0. The molecule has 184 valence electrons. The number of nitrogens with zero attached hydrogens (tertiary/aromatic N) is 5. The number of piperazine rings is 1. The van der Waals surface area contributed by atoms with Crippen molar-refractivity contribution in [1.29, 1.82) is 0 Å². The zero-order chi connectivity index (χ0) is 24.4. The van der Waals surface area contributed by atoms with Gasteiger partial charge in [-0.15, -0.1) is 0 Å². The molecule has 2 unspecified atom stereocenters. The Morgan fingerprint density at radius 3 is 2.43 bits per heavy atom. The summed E-state index contributed by atoms with van der Waals surface area (Å²) in [5.41, 5.74) is 3.30. The van der Waals surface area contributed by atoms with Crippen LogP contribution < -0.4 is 10.9 Å². The Bertz CT molecular complexity index is 1240. The van der Waals surface area contributed by atoms with Gasteiger partial charge in [-0.1, -0.05) is 37.3 Å². The lowest BCUT2D eigenvalue weighted by Gasteiger charge is -2.39. The summed E-state index contributed by atoms with van der Waals surface area (Å²) in [4.78, 5) is 26.7. The van der Waals surface area contributed by atoms with Gasteiger partial charge < -0.3 is 10.2 Å². The van der Waals surface area contributed by atoms with Crippen LogP contribution in [-0.2, 0) is 0 Å². The molecule has 35 heavy (non-hydrogen) atoms. The van der Waals surface area contributed by atoms with Crippen LogP contribution in [0.15, 0.2) is 59.7 Å². The predicted octanol–water partition coefficient (Wildman–Crippen LogP) is 4.90. The fourth-order valence-corrected chi connectivity index (χ4v) is 5.19. The molecule has 0 radical (unpaired) electrons. The van der Waals surface area contributed by atoms with Crippen LogP contribution in [0.3, 0.4) is 0 Å². The molecule has 1 aliphatic carbocycles. The van der Waals surface area contributed by atoms with Gasteiger partial charge >= 0.3 is 0 Å². The van der Waals surface area contributed by atoms with E-state index >= 15 is 0 Å². The summed E-state index contributed by atoms with van der Waals surface area (Å²) in [6.45, 7) is 10.8. The smallest absolute Gasteiger partial charge is 0.252 e. The topological polar surface area (TPSA) is 66.3 Å². The molecule has 7 nitrogen and oxygen atoms in total. The minimum Gasteiger partial charge on any atom is -0.375 e. The molecule has 1 aliphatic heterocycles. The van der Waals surface area contributed by atoms with Gasteiger partial charge in [0.25, 0.3) is 5.56 Å². The van der Waals surface area contributed by atoms with Crippen LogP contribution in [-0.4, -0.2) is 50.5 Å². The number of nitrogens with one attached hydrogen (secondary N) is 1. The first kappa shape index (κ1) is 23.5. The summed E-state index contributed by atoms with van der Waals surface area (Å²) in [6.07, 6.45) is 9.31.